The van der Waals surface area contributed by atoms with Gasteiger partial charge in [0, 0.05) is 6.04 Å². The van der Waals surface area contributed by atoms with Gasteiger partial charge in [0.1, 0.15) is 5.82 Å². The van der Waals surface area contributed by atoms with Gasteiger partial charge in [0.05, 0.1) is 0 Å². The van der Waals surface area contributed by atoms with Crippen molar-refractivity contribution in [1.29, 1.82) is 0 Å². The van der Waals surface area contributed by atoms with Gasteiger partial charge in [0.15, 0.2) is 0 Å². The maximum Gasteiger partial charge on any atom is 0.118 e. The van der Waals surface area contributed by atoms with Crippen LogP contribution in [0.1, 0.15) is 27.7 Å². The van der Waals surface area contributed by atoms with Gasteiger partial charge in [-0.15, -0.1) is 0 Å². The maximum absolute atomic E-state index is 3.69. The Morgan fingerprint density at radius 2 is 1.91 bits per heavy atom. The summed E-state index contributed by atoms with van der Waals surface area (Å²) in [6, 6.07) is 0.362. The highest BCUT2D eigenvalue weighted by molar-refractivity contribution is 5.27. The van der Waals surface area contributed by atoms with Crippen molar-refractivity contribution in [2.24, 2.45) is 10.4 Å². The van der Waals surface area contributed by atoms with E-state index in [1.807, 2.05) is 0 Å². The molecule has 1 unspecified atom stereocenters. The Hall–Kier alpha value is -0.790. The summed E-state index contributed by atoms with van der Waals surface area (Å²) in [5.74, 6) is 0.646. The number of nitrogens with zero attached hydrogens (tertiary/aromatic N) is 1. The van der Waals surface area contributed by atoms with Crippen LogP contribution < -0.4 is 5.32 Å². The highest BCUT2D eigenvalue weighted by Crippen LogP contribution is 2.19. The van der Waals surface area contributed by atoms with E-state index in [1.165, 1.54) is 0 Å². The molecule has 1 N–H and O–H groups in total. The summed E-state index contributed by atoms with van der Waals surface area (Å²) >= 11 is 0. The van der Waals surface area contributed by atoms with Crippen molar-refractivity contribution in [2.75, 3.05) is 0 Å². The van der Waals surface area contributed by atoms with Gasteiger partial charge in [-0.1, -0.05) is 27.4 Å². The minimum atomic E-state index is 0.230. The van der Waals surface area contributed by atoms with Crippen LogP contribution in [0.3, 0.4) is 0 Å². The van der Waals surface area contributed by atoms with E-state index >= 15 is 0 Å². The van der Waals surface area contributed by atoms with Gasteiger partial charge in [-0.25, -0.2) is 4.99 Å². The molecule has 0 aliphatic heterocycles. The predicted octanol–water partition coefficient (Wildman–Crippen LogP) is 2.18. The second-order valence-corrected chi connectivity index (χ2v) is 3.84. The molecule has 0 bridgehead atoms. The molecule has 11 heavy (non-hydrogen) atoms. The second-order valence-electron chi connectivity index (χ2n) is 3.84. The molecule has 0 aromatic rings. The minimum absolute atomic E-state index is 0.230. The molecular weight excluding hydrogens is 136 g/mol. The van der Waals surface area contributed by atoms with Gasteiger partial charge >= 0.3 is 0 Å². The molecule has 0 saturated carbocycles. The second kappa shape index (κ2) is 3.56. The van der Waals surface area contributed by atoms with Gasteiger partial charge in [0.2, 0.25) is 0 Å². The molecule has 0 saturated heterocycles. The largest absolute Gasteiger partial charge is 0.368 e. The first-order chi connectivity index (χ1) is 4.88. The lowest BCUT2D eigenvalue weighted by Gasteiger charge is -2.28. The SMILES string of the molecule is C=NC(=C)NC(C)C(C)(C)C. The van der Waals surface area contributed by atoms with E-state index in [2.05, 4.69) is 51.3 Å². The summed E-state index contributed by atoms with van der Waals surface area (Å²) < 4.78 is 0. The lowest BCUT2D eigenvalue weighted by Crippen LogP contribution is -2.36. The Kier molecular flexibility index (Phi) is 3.30. The van der Waals surface area contributed by atoms with Gasteiger partial charge in [0.25, 0.3) is 0 Å². The maximum atomic E-state index is 3.69. The molecule has 0 aliphatic carbocycles. The van der Waals surface area contributed by atoms with Crippen LogP contribution in [0.5, 0.6) is 0 Å². The minimum Gasteiger partial charge on any atom is -0.368 e. The highest BCUT2D eigenvalue weighted by atomic mass is 15.0. The zero-order valence-electron chi connectivity index (χ0n) is 7.94. The summed E-state index contributed by atoms with van der Waals surface area (Å²) in [5.41, 5.74) is 0.230. The topological polar surface area (TPSA) is 24.4 Å². The Morgan fingerprint density at radius 3 is 2.18 bits per heavy atom. The van der Waals surface area contributed by atoms with Gasteiger partial charge in [-0.05, 0) is 19.1 Å². The molecule has 0 amide bonds. The summed E-state index contributed by atoms with van der Waals surface area (Å²) in [5, 5.41) is 3.15. The van der Waals surface area contributed by atoms with Crippen LogP contribution >= 0.6 is 0 Å². The Morgan fingerprint density at radius 1 is 1.45 bits per heavy atom. The Labute approximate surface area is 69.4 Å². The average Bonchev–Trinajstić information content (AvgIpc) is 1.85. The first-order valence-corrected chi connectivity index (χ1v) is 3.80. The van der Waals surface area contributed by atoms with Crippen molar-refractivity contribution >= 4 is 6.72 Å². The number of hydrogen-bond acceptors (Lipinski definition) is 2. The summed E-state index contributed by atoms with van der Waals surface area (Å²) in [4.78, 5) is 3.69. The predicted molar refractivity (Wildman–Crippen MR) is 50.7 cm³/mol. The number of hydrogen-bond donors (Lipinski definition) is 1. The smallest absolute Gasteiger partial charge is 0.118 e. The quantitative estimate of drug-likeness (QED) is 0.619. The molecule has 0 radical (unpaired) electrons. The number of rotatable bonds is 3. The van der Waals surface area contributed by atoms with Crippen LogP contribution in [0.4, 0.5) is 0 Å². The van der Waals surface area contributed by atoms with Crippen LogP contribution in [0, 0.1) is 5.41 Å². The van der Waals surface area contributed by atoms with Crippen molar-refractivity contribution in [3.8, 4) is 0 Å². The van der Waals surface area contributed by atoms with Gasteiger partial charge < -0.3 is 5.32 Å². The zero-order valence-corrected chi connectivity index (χ0v) is 7.94. The lowest BCUT2D eigenvalue weighted by atomic mass is 9.88. The number of aliphatic imine (C=N–C) groups is 1. The third kappa shape index (κ3) is 3.81. The van der Waals surface area contributed by atoms with E-state index in [0.717, 1.165) is 0 Å². The first kappa shape index (κ1) is 10.2. The van der Waals surface area contributed by atoms with E-state index in [9.17, 15) is 0 Å². The van der Waals surface area contributed by atoms with Crippen LogP contribution in [-0.2, 0) is 0 Å². The van der Waals surface area contributed by atoms with E-state index in [1.54, 1.807) is 0 Å². The van der Waals surface area contributed by atoms with Crippen LogP contribution in [-0.4, -0.2) is 12.8 Å². The molecule has 0 fully saturated rings. The average molecular weight is 154 g/mol. The molecule has 1 atom stereocenters. The van der Waals surface area contributed by atoms with Gasteiger partial charge in [-0.2, -0.15) is 0 Å². The summed E-state index contributed by atoms with van der Waals surface area (Å²) in [6.07, 6.45) is 0. The van der Waals surface area contributed by atoms with Crippen LogP contribution in [0.2, 0.25) is 0 Å². The van der Waals surface area contributed by atoms with E-state index in [0.29, 0.717) is 11.9 Å². The number of nitrogens with one attached hydrogen (secondary N) is 1. The molecule has 0 aliphatic rings. The zero-order chi connectivity index (χ0) is 9.07. The Bertz CT molecular complexity index is 153. The van der Waals surface area contributed by atoms with Crippen molar-refractivity contribution in [2.45, 2.75) is 33.7 Å². The molecular formula is C9H18N2. The molecule has 2 nitrogen and oxygen atoms in total. The molecule has 2 heteroatoms. The van der Waals surface area contributed by atoms with E-state index < -0.39 is 0 Å². The lowest BCUT2D eigenvalue weighted by molar-refractivity contribution is 0.303. The molecule has 0 heterocycles. The van der Waals surface area contributed by atoms with Crippen molar-refractivity contribution in [3.63, 3.8) is 0 Å². The fraction of sp³-hybridized carbons (Fsp3) is 0.667. The summed E-state index contributed by atoms with van der Waals surface area (Å²) in [7, 11) is 0. The summed E-state index contributed by atoms with van der Waals surface area (Å²) in [6.45, 7) is 15.7. The van der Waals surface area contributed by atoms with Crippen LogP contribution in [0.25, 0.3) is 0 Å². The van der Waals surface area contributed by atoms with E-state index in [-0.39, 0.29) is 5.41 Å². The molecule has 0 aromatic carbocycles. The van der Waals surface area contributed by atoms with Gasteiger partial charge in [-0.3, -0.25) is 0 Å². The fourth-order valence-corrected chi connectivity index (χ4v) is 0.512. The normalized spacial score (nSPS) is 13.8. The molecule has 0 aromatic heterocycles. The third-order valence-corrected chi connectivity index (χ3v) is 1.87. The fourth-order valence-electron chi connectivity index (χ4n) is 0.512. The first-order valence-electron chi connectivity index (χ1n) is 3.80. The standard InChI is InChI=1S/C9H18N2/c1-7(9(3,4)5)11-8(2)10-6/h7,11H,2,6H2,1,3-5H3. The Balaban J connectivity index is 3.97. The van der Waals surface area contributed by atoms with Crippen molar-refractivity contribution in [1.82, 2.24) is 5.32 Å². The highest BCUT2D eigenvalue weighted by Gasteiger charge is 2.19. The van der Waals surface area contributed by atoms with Crippen molar-refractivity contribution in [3.05, 3.63) is 12.4 Å². The molecule has 64 valence electrons. The van der Waals surface area contributed by atoms with E-state index in [4.69, 9.17) is 0 Å². The van der Waals surface area contributed by atoms with Crippen LogP contribution in [0.15, 0.2) is 17.4 Å². The van der Waals surface area contributed by atoms with Crippen molar-refractivity contribution < 1.29 is 0 Å². The molecule has 0 spiro atoms. The molecule has 0 rings (SSSR count). The monoisotopic (exact) mass is 154 g/mol. The third-order valence-electron chi connectivity index (χ3n) is 1.87.